The van der Waals surface area contributed by atoms with Crippen LogP contribution in [-0.2, 0) is 9.53 Å². The predicted octanol–water partition coefficient (Wildman–Crippen LogP) is 3.54. The Hall–Kier alpha value is -1.77. The number of ether oxygens (including phenoxy) is 1. The van der Waals surface area contributed by atoms with Gasteiger partial charge in [0.1, 0.15) is 5.78 Å². The smallest absolute Gasteiger partial charge is 0.135 e. The molecule has 0 radical (unpaired) electrons. The zero-order valence-electron chi connectivity index (χ0n) is 12.7. The third-order valence-corrected chi connectivity index (χ3v) is 2.22. The molecule has 0 aliphatic heterocycles. The number of hydrogen-bond acceptors (Lipinski definition) is 2. The number of rotatable bonds is 8. The van der Waals surface area contributed by atoms with Gasteiger partial charge in [0.15, 0.2) is 0 Å². The molecule has 0 aromatic heterocycles. The lowest BCUT2D eigenvalue weighted by atomic mass is 10.1. The molecule has 0 heterocycles. The van der Waals surface area contributed by atoms with E-state index in [1.165, 1.54) is 0 Å². The zero-order valence-corrected chi connectivity index (χ0v) is 12.7. The van der Waals surface area contributed by atoms with Gasteiger partial charge in [0.2, 0.25) is 0 Å². The summed E-state index contributed by atoms with van der Waals surface area (Å²) in [5.74, 6) is 11.7. The second-order valence-electron chi connectivity index (χ2n) is 4.74. The highest BCUT2D eigenvalue weighted by Crippen LogP contribution is 1.99. The fraction of sp³-hybridized carbons (Fsp3) is 0.500. The summed E-state index contributed by atoms with van der Waals surface area (Å²) in [7, 11) is 0. The van der Waals surface area contributed by atoms with Crippen LogP contribution < -0.4 is 0 Å². The van der Waals surface area contributed by atoms with Crippen LogP contribution in [0.4, 0.5) is 0 Å². The number of hydrogen-bond donors (Lipinski definition) is 0. The minimum atomic E-state index is 0.235. The van der Waals surface area contributed by atoms with E-state index in [1.54, 1.807) is 12.2 Å². The van der Waals surface area contributed by atoms with Gasteiger partial charge in [0.25, 0.3) is 0 Å². The molecule has 0 unspecified atom stereocenters. The average Bonchev–Trinajstić information content (AvgIpc) is 2.41. The first-order valence-corrected chi connectivity index (χ1v) is 7.03. The van der Waals surface area contributed by atoms with Crippen molar-refractivity contribution in [2.45, 2.75) is 40.0 Å². The molecule has 0 aromatic rings. The molecule has 0 aliphatic rings. The number of ketones is 1. The number of carbonyl (C=O) groups is 1. The lowest BCUT2D eigenvalue weighted by molar-refractivity contribution is -0.120. The van der Waals surface area contributed by atoms with Gasteiger partial charge in [-0.2, -0.15) is 0 Å². The number of allylic oxidation sites excluding steroid dienone is 4. The highest BCUT2D eigenvalue weighted by molar-refractivity contribution is 5.78. The average molecular weight is 272 g/mol. The standard InChI is InChI=1S/C18H24O2/c1-4-5-6-7-8-9-10-11-12-13-18(19)14-15-20-16-17(2)3/h4-5,10-11,17H,12-16H2,1-3H3. The first-order chi connectivity index (χ1) is 9.66. The van der Waals surface area contributed by atoms with Gasteiger partial charge in [-0.05, 0) is 43.3 Å². The number of carbonyl (C=O) groups excluding carboxylic acids is 1. The summed E-state index contributed by atoms with van der Waals surface area (Å²) in [6.07, 6.45) is 9.03. The fourth-order valence-electron chi connectivity index (χ4n) is 1.26. The van der Waals surface area contributed by atoms with E-state index in [9.17, 15) is 4.79 Å². The summed E-state index contributed by atoms with van der Waals surface area (Å²) < 4.78 is 5.38. The van der Waals surface area contributed by atoms with Gasteiger partial charge in [-0.3, -0.25) is 4.79 Å². The Kier molecular flexibility index (Phi) is 12.4. The summed E-state index contributed by atoms with van der Waals surface area (Å²) in [5, 5.41) is 0. The predicted molar refractivity (Wildman–Crippen MR) is 84.0 cm³/mol. The van der Waals surface area contributed by atoms with E-state index in [-0.39, 0.29) is 5.78 Å². The van der Waals surface area contributed by atoms with Crippen LogP contribution in [-0.4, -0.2) is 19.0 Å². The van der Waals surface area contributed by atoms with E-state index in [4.69, 9.17) is 4.74 Å². The van der Waals surface area contributed by atoms with Crippen LogP contribution in [0.5, 0.6) is 0 Å². The summed E-state index contributed by atoms with van der Waals surface area (Å²) >= 11 is 0. The van der Waals surface area contributed by atoms with Crippen LogP contribution in [0.1, 0.15) is 40.0 Å². The Morgan fingerprint density at radius 2 is 1.85 bits per heavy atom. The molecule has 0 aromatic carbocycles. The van der Waals surface area contributed by atoms with Gasteiger partial charge in [0.05, 0.1) is 6.61 Å². The van der Waals surface area contributed by atoms with Crippen molar-refractivity contribution in [3.05, 3.63) is 24.3 Å². The summed E-state index contributed by atoms with van der Waals surface area (Å²) in [6, 6.07) is 0. The lowest BCUT2D eigenvalue weighted by Crippen LogP contribution is -2.07. The monoisotopic (exact) mass is 272 g/mol. The van der Waals surface area contributed by atoms with Crippen molar-refractivity contribution in [1.29, 1.82) is 0 Å². The first kappa shape index (κ1) is 18.2. The van der Waals surface area contributed by atoms with Crippen molar-refractivity contribution in [3.63, 3.8) is 0 Å². The molecule has 0 bridgehead atoms. The molecule has 0 amide bonds. The van der Waals surface area contributed by atoms with Gasteiger partial charge < -0.3 is 4.74 Å². The van der Waals surface area contributed by atoms with Gasteiger partial charge in [-0.25, -0.2) is 0 Å². The van der Waals surface area contributed by atoms with Crippen molar-refractivity contribution in [3.8, 4) is 23.7 Å². The van der Waals surface area contributed by atoms with E-state index in [0.29, 0.717) is 25.4 Å². The first-order valence-electron chi connectivity index (χ1n) is 7.03. The van der Waals surface area contributed by atoms with Crippen LogP contribution in [0.3, 0.4) is 0 Å². The molecule has 20 heavy (non-hydrogen) atoms. The van der Waals surface area contributed by atoms with E-state index < -0.39 is 0 Å². The largest absolute Gasteiger partial charge is 0.381 e. The summed E-state index contributed by atoms with van der Waals surface area (Å²) in [5.41, 5.74) is 0. The molecule has 0 atom stereocenters. The maximum Gasteiger partial charge on any atom is 0.135 e. The lowest BCUT2D eigenvalue weighted by Gasteiger charge is -2.05. The molecule has 0 aliphatic carbocycles. The van der Waals surface area contributed by atoms with Crippen LogP contribution in [0, 0.1) is 29.6 Å². The SMILES string of the molecule is CC=CC#CC#CC=CCCC(=O)CCOCC(C)C. The quantitative estimate of drug-likeness (QED) is 0.499. The Labute approximate surface area is 123 Å². The van der Waals surface area contributed by atoms with Crippen molar-refractivity contribution in [2.24, 2.45) is 5.92 Å². The third kappa shape index (κ3) is 14.3. The maximum atomic E-state index is 11.5. The zero-order chi connectivity index (χ0) is 15.1. The van der Waals surface area contributed by atoms with Crippen molar-refractivity contribution in [2.75, 3.05) is 13.2 Å². The molecule has 0 fully saturated rings. The van der Waals surface area contributed by atoms with Gasteiger partial charge >= 0.3 is 0 Å². The van der Waals surface area contributed by atoms with Crippen LogP contribution >= 0.6 is 0 Å². The van der Waals surface area contributed by atoms with Crippen LogP contribution in [0.2, 0.25) is 0 Å². The highest BCUT2D eigenvalue weighted by atomic mass is 16.5. The molecule has 0 spiro atoms. The minimum Gasteiger partial charge on any atom is -0.381 e. The van der Waals surface area contributed by atoms with Gasteiger partial charge in [-0.1, -0.05) is 37.8 Å². The molecule has 108 valence electrons. The second-order valence-corrected chi connectivity index (χ2v) is 4.74. The van der Waals surface area contributed by atoms with E-state index in [0.717, 1.165) is 13.0 Å². The second kappa shape index (κ2) is 13.7. The molecular formula is C18H24O2. The van der Waals surface area contributed by atoms with Gasteiger partial charge in [0, 0.05) is 19.4 Å². The van der Waals surface area contributed by atoms with Crippen molar-refractivity contribution < 1.29 is 9.53 Å². The Balaban J connectivity index is 3.63. The molecule has 2 nitrogen and oxygen atoms in total. The molecule has 0 N–H and O–H groups in total. The summed E-state index contributed by atoms with van der Waals surface area (Å²) in [4.78, 5) is 11.5. The van der Waals surface area contributed by atoms with E-state index in [2.05, 4.69) is 37.5 Å². The fourth-order valence-corrected chi connectivity index (χ4v) is 1.26. The molecule has 2 heteroatoms. The molecule has 0 saturated carbocycles. The van der Waals surface area contributed by atoms with E-state index in [1.807, 2.05) is 19.1 Å². The molecular weight excluding hydrogens is 248 g/mol. The van der Waals surface area contributed by atoms with Gasteiger partial charge in [-0.15, -0.1) is 0 Å². The van der Waals surface area contributed by atoms with E-state index >= 15 is 0 Å². The normalized spacial score (nSPS) is 10.4. The third-order valence-electron chi connectivity index (χ3n) is 2.22. The summed E-state index contributed by atoms with van der Waals surface area (Å²) in [6.45, 7) is 7.35. The Bertz CT molecular complexity index is 434. The topological polar surface area (TPSA) is 26.3 Å². The number of Topliss-reactive ketones (excluding diaryl/α,β-unsaturated/α-hetero) is 1. The molecule has 0 rings (SSSR count). The Morgan fingerprint density at radius 1 is 1.15 bits per heavy atom. The molecule has 0 saturated heterocycles. The van der Waals surface area contributed by atoms with Crippen LogP contribution in [0.15, 0.2) is 24.3 Å². The Morgan fingerprint density at radius 3 is 2.50 bits per heavy atom. The highest BCUT2D eigenvalue weighted by Gasteiger charge is 2.01. The minimum absolute atomic E-state index is 0.235. The van der Waals surface area contributed by atoms with Crippen molar-refractivity contribution in [1.82, 2.24) is 0 Å². The van der Waals surface area contributed by atoms with Crippen LogP contribution in [0.25, 0.3) is 0 Å². The maximum absolute atomic E-state index is 11.5. The van der Waals surface area contributed by atoms with Crippen molar-refractivity contribution >= 4 is 5.78 Å².